The fourth-order valence-corrected chi connectivity index (χ4v) is 3.77. The van der Waals surface area contributed by atoms with Crippen molar-refractivity contribution in [2.45, 2.75) is 32.4 Å². The van der Waals surface area contributed by atoms with Gasteiger partial charge in [-0.15, -0.1) is 0 Å². The van der Waals surface area contributed by atoms with E-state index in [0.29, 0.717) is 31.0 Å². The van der Waals surface area contributed by atoms with Crippen LogP contribution in [0.4, 0.5) is 5.69 Å². The van der Waals surface area contributed by atoms with Gasteiger partial charge in [0, 0.05) is 24.7 Å². The van der Waals surface area contributed by atoms with Gasteiger partial charge in [0.1, 0.15) is 6.04 Å². The lowest BCUT2D eigenvalue weighted by Gasteiger charge is -2.30. The number of likely N-dealkylation sites (tertiary alicyclic amines) is 1. The Bertz CT molecular complexity index is 853. The lowest BCUT2D eigenvalue weighted by atomic mass is 10.1. The summed E-state index contributed by atoms with van der Waals surface area (Å²) in [5.74, 6) is 1.25. The first kappa shape index (κ1) is 17.4. The molecule has 0 saturated carbocycles. The molecule has 2 aromatic carbocycles. The SMILES string of the molecule is CC(=O)N1CCC[C@H]1C(=O)N(Cc1cccc2c1OCO2)c1ccccc1. The molecule has 1 fully saturated rings. The van der Waals surface area contributed by atoms with E-state index in [-0.39, 0.29) is 18.6 Å². The molecule has 2 aliphatic heterocycles. The van der Waals surface area contributed by atoms with Crippen molar-refractivity contribution < 1.29 is 19.1 Å². The van der Waals surface area contributed by atoms with Gasteiger partial charge in [0.2, 0.25) is 18.6 Å². The summed E-state index contributed by atoms with van der Waals surface area (Å²) in [5, 5.41) is 0. The zero-order valence-electron chi connectivity index (χ0n) is 15.3. The molecule has 6 nitrogen and oxygen atoms in total. The van der Waals surface area contributed by atoms with Gasteiger partial charge >= 0.3 is 0 Å². The van der Waals surface area contributed by atoms with Crippen molar-refractivity contribution in [2.75, 3.05) is 18.2 Å². The Balaban J connectivity index is 1.67. The Morgan fingerprint density at radius 2 is 1.93 bits per heavy atom. The quantitative estimate of drug-likeness (QED) is 0.835. The van der Waals surface area contributed by atoms with Gasteiger partial charge in [0.05, 0.1) is 6.54 Å². The molecule has 2 heterocycles. The molecule has 4 rings (SSSR count). The number of fused-ring (bicyclic) bond motifs is 1. The highest BCUT2D eigenvalue weighted by molar-refractivity contribution is 5.99. The average Bonchev–Trinajstić information content (AvgIpc) is 3.35. The van der Waals surface area contributed by atoms with Crippen molar-refractivity contribution in [3.05, 3.63) is 54.1 Å². The number of carbonyl (C=O) groups excluding carboxylic acids is 2. The molecule has 1 saturated heterocycles. The number of para-hydroxylation sites is 2. The molecule has 0 aromatic heterocycles. The molecule has 0 unspecified atom stereocenters. The fraction of sp³-hybridized carbons (Fsp3) is 0.333. The van der Waals surface area contributed by atoms with Crippen molar-refractivity contribution in [1.29, 1.82) is 0 Å². The summed E-state index contributed by atoms with van der Waals surface area (Å²) in [6.07, 6.45) is 1.53. The van der Waals surface area contributed by atoms with E-state index in [4.69, 9.17) is 9.47 Å². The highest BCUT2D eigenvalue weighted by Gasteiger charge is 2.36. The molecule has 2 aliphatic rings. The van der Waals surface area contributed by atoms with E-state index in [1.807, 2.05) is 48.5 Å². The molecular formula is C21H22N2O4. The minimum Gasteiger partial charge on any atom is -0.454 e. The van der Waals surface area contributed by atoms with E-state index in [1.165, 1.54) is 6.92 Å². The lowest BCUT2D eigenvalue weighted by molar-refractivity contribution is -0.135. The number of amides is 2. The predicted molar refractivity (Wildman–Crippen MR) is 101 cm³/mol. The van der Waals surface area contributed by atoms with Crippen LogP contribution in [0.2, 0.25) is 0 Å². The van der Waals surface area contributed by atoms with Crippen LogP contribution in [0.1, 0.15) is 25.3 Å². The molecule has 0 radical (unpaired) electrons. The number of ether oxygens (including phenoxy) is 2. The Morgan fingerprint density at radius 3 is 2.70 bits per heavy atom. The van der Waals surface area contributed by atoms with Crippen LogP contribution in [-0.4, -0.2) is 36.1 Å². The van der Waals surface area contributed by atoms with Gasteiger partial charge in [-0.3, -0.25) is 9.59 Å². The molecule has 2 amide bonds. The van der Waals surface area contributed by atoms with Gasteiger partial charge in [-0.05, 0) is 31.0 Å². The molecule has 6 heteroatoms. The van der Waals surface area contributed by atoms with Crippen LogP contribution in [0.25, 0.3) is 0 Å². The van der Waals surface area contributed by atoms with Gasteiger partial charge in [-0.25, -0.2) is 0 Å². The van der Waals surface area contributed by atoms with Crippen molar-refractivity contribution >= 4 is 17.5 Å². The number of carbonyl (C=O) groups is 2. The van der Waals surface area contributed by atoms with E-state index < -0.39 is 6.04 Å². The zero-order valence-corrected chi connectivity index (χ0v) is 15.3. The number of nitrogens with zero attached hydrogens (tertiary/aromatic N) is 2. The van der Waals surface area contributed by atoms with Crippen molar-refractivity contribution in [2.24, 2.45) is 0 Å². The number of hydrogen-bond donors (Lipinski definition) is 0. The van der Waals surface area contributed by atoms with Gasteiger partial charge in [-0.2, -0.15) is 0 Å². The lowest BCUT2D eigenvalue weighted by Crippen LogP contribution is -2.47. The van der Waals surface area contributed by atoms with Gasteiger partial charge in [-0.1, -0.05) is 30.3 Å². The number of benzene rings is 2. The standard InChI is InChI=1S/C21H22N2O4/c1-15(24)22-12-6-10-18(22)21(25)23(17-8-3-2-4-9-17)13-16-7-5-11-19-20(16)27-14-26-19/h2-5,7-9,11,18H,6,10,12-14H2,1H3/t18-/m0/s1. The monoisotopic (exact) mass is 366 g/mol. The summed E-state index contributed by atoms with van der Waals surface area (Å²) in [6, 6.07) is 14.8. The molecule has 2 aromatic rings. The maximum Gasteiger partial charge on any atom is 0.250 e. The first-order valence-corrected chi connectivity index (χ1v) is 9.16. The first-order chi connectivity index (χ1) is 13.1. The van der Waals surface area contributed by atoms with Crippen LogP contribution in [0, 0.1) is 0 Å². The van der Waals surface area contributed by atoms with Crippen molar-refractivity contribution in [3.8, 4) is 11.5 Å². The number of hydrogen-bond acceptors (Lipinski definition) is 4. The molecule has 0 aliphatic carbocycles. The van der Waals surface area contributed by atoms with E-state index in [2.05, 4.69) is 0 Å². The molecule has 27 heavy (non-hydrogen) atoms. The summed E-state index contributed by atoms with van der Waals surface area (Å²) >= 11 is 0. The van der Waals surface area contributed by atoms with Crippen LogP contribution in [0.15, 0.2) is 48.5 Å². The normalized spacial score (nSPS) is 17.8. The van der Waals surface area contributed by atoms with E-state index in [1.54, 1.807) is 9.80 Å². The van der Waals surface area contributed by atoms with Gasteiger partial charge in [0.25, 0.3) is 0 Å². The molecule has 0 bridgehead atoms. The second kappa shape index (κ2) is 7.31. The Hall–Kier alpha value is -3.02. The molecule has 140 valence electrons. The second-order valence-corrected chi connectivity index (χ2v) is 6.78. The largest absolute Gasteiger partial charge is 0.454 e. The fourth-order valence-electron chi connectivity index (χ4n) is 3.77. The summed E-state index contributed by atoms with van der Waals surface area (Å²) in [6.45, 7) is 2.70. The smallest absolute Gasteiger partial charge is 0.250 e. The Labute approximate surface area is 158 Å². The third-order valence-electron chi connectivity index (χ3n) is 5.08. The first-order valence-electron chi connectivity index (χ1n) is 9.16. The van der Waals surface area contributed by atoms with E-state index in [0.717, 1.165) is 17.7 Å². The van der Waals surface area contributed by atoms with Crippen LogP contribution in [-0.2, 0) is 16.1 Å². The van der Waals surface area contributed by atoms with Crippen LogP contribution in [0.5, 0.6) is 11.5 Å². The summed E-state index contributed by atoms with van der Waals surface area (Å²) < 4.78 is 11.1. The van der Waals surface area contributed by atoms with E-state index in [9.17, 15) is 9.59 Å². The zero-order chi connectivity index (χ0) is 18.8. The third kappa shape index (κ3) is 3.35. The topological polar surface area (TPSA) is 59.1 Å². The van der Waals surface area contributed by atoms with Gasteiger partial charge in [0.15, 0.2) is 11.5 Å². The number of rotatable bonds is 4. The Kier molecular flexibility index (Phi) is 4.71. The van der Waals surface area contributed by atoms with Crippen molar-refractivity contribution in [1.82, 2.24) is 4.90 Å². The highest BCUT2D eigenvalue weighted by atomic mass is 16.7. The number of anilines is 1. The van der Waals surface area contributed by atoms with Crippen LogP contribution in [0.3, 0.4) is 0 Å². The van der Waals surface area contributed by atoms with Crippen LogP contribution < -0.4 is 14.4 Å². The maximum absolute atomic E-state index is 13.4. The maximum atomic E-state index is 13.4. The molecule has 1 atom stereocenters. The van der Waals surface area contributed by atoms with Crippen molar-refractivity contribution in [3.63, 3.8) is 0 Å². The van der Waals surface area contributed by atoms with Gasteiger partial charge < -0.3 is 19.3 Å². The Morgan fingerprint density at radius 1 is 1.11 bits per heavy atom. The molecule has 0 N–H and O–H groups in total. The second-order valence-electron chi connectivity index (χ2n) is 6.78. The summed E-state index contributed by atoms with van der Waals surface area (Å²) in [5.41, 5.74) is 1.68. The summed E-state index contributed by atoms with van der Waals surface area (Å²) in [7, 11) is 0. The van der Waals surface area contributed by atoms with E-state index >= 15 is 0 Å². The molecule has 0 spiro atoms. The molecular weight excluding hydrogens is 344 g/mol. The summed E-state index contributed by atoms with van der Waals surface area (Å²) in [4.78, 5) is 28.8. The van der Waals surface area contributed by atoms with Crippen LogP contribution >= 0.6 is 0 Å². The predicted octanol–water partition coefficient (Wildman–Crippen LogP) is 2.96. The minimum absolute atomic E-state index is 0.0591. The minimum atomic E-state index is -0.420. The third-order valence-corrected chi connectivity index (χ3v) is 5.08. The average molecular weight is 366 g/mol. The highest BCUT2D eigenvalue weighted by Crippen LogP contribution is 2.37.